The third kappa shape index (κ3) is 65.0. The van der Waals surface area contributed by atoms with E-state index in [2.05, 4.69) is 154 Å². The van der Waals surface area contributed by atoms with E-state index in [1.165, 1.54) is 0 Å². The maximum absolute atomic E-state index is 12.9. The van der Waals surface area contributed by atoms with E-state index in [4.69, 9.17) is 32.3 Å². The molecule has 0 aliphatic heterocycles. The van der Waals surface area contributed by atoms with Gasteiger partial charge < -0.3 is 34.2 Å². The molecule has 0 heterocycles. The molecule has 0 aliphatic rings. The Hall–Kier alpha value is -4.31. The van der Waals surface area contributed by atoms with Gasteiger partial charge in [0.1, 0.15) is 25.4 Å². The van der Waals surface area contributed by atoms with Gasteiger partial charge in [-0.05, 0) is 128 Å². The minimum Gasteiger partial charge on any atom is -0.463 e. The van der Waals surface area contributed by atoms with Crippen molar-refractivity contribution >= 4 is 33.6 Å². The molecule has 0 spiro atoms. The molecule has 5 atom stereocenters. The first-order valence-electron chi connectivity index (χ1n) is 33.5. The van der Waals surface area contributed by atoms with E-state index in [0.717, 1.165) is 180 Å². The number of unbranched alkanes of at least 4 members (excludes halogenated alkanes) is 17. The molecule has 0 amide bonds. The Morgan fingerprint density at radius 3 is 0.944 bits per heavy atom. The highest BCUT2D eigenvalue weighted by Gasteiger charge is 2.29. The molecule has 18 heteroatoms. The van der Waals surface area contributed by atoms with Crippen LogP contribution in [0.25, 0.3) is 0 Å². The highest BCUT2D eigenvalue weighted by molar-refractivity contribution is 7.47. The number of carbonyl (C=O) groups excluding carboxylic acids is 3. The Kier molecular flexibility index (Phi) is 60.7. The molecular formula is C71H118O16P2. The molecule has 0 aromatic heterocycles. The average Bonchev–Trinajstić information content (AvgIpc) is 3.55. The van der Waals surface area contributed by atoms with Gasteiger partial charge >= 0.3 is 33.6 Å². The zero-order chi connectivity index (χ0) is 65.3. The molecule has 89 heavy (non-hydrogen) atoms. The quantitative estimate of drug-likeness (QED) is 0.0146. The molecule has 0 bridgehead atoms. The second-order valence-electron chi connectivity index (χ2n) is 21.9. The summed E-state index contributed by atoms with van der Waals surface area (Å²) in [5.41, 5.74) is 0. The van der Waals surface area contributed by atoms with Crippen molar-refractivity contribution in [2.45, 2.75) is 257 Å². The fraction of sp³-hybridized carbons (Fsp3) is 0.648. The van der Waals surface area contributed by atoms with Gasteiger partial charge in [-0.15, -0.1) is 0 Å². The highest BCUT2D eigenvalue weighted by Crippen LogP contribution is 2.45. The molecular weight excluding hydrogens is 1170 g/mol. The van der Waals surface area contributed by atoms with Crippen LogP contribution in [0.2, 0.25) is 0 Å². The Bertz CT molecular complexity index is 2160. The van der Waals surface area contributed by atoms with Crippen LogP contribution in [-0.4, -0.2) is 95.9 Å². The molecule has 508 valence electrons. The number of phosphoric ester groups is 2. The number of aliphatic hydroxyl groups is 2. The fourth-order valence-corrected chi connectivity index (χ4v) is 9.86. The zero-order valence-electron chi connectivity index (χ0n) is 54.8. The first-order valence-corrected chi connectivity index (χ1v) is 36.5. The first kappa shape index (κ1) is 84.7. The smallest absolute Gasteiger partial charge is 0.463 e. The number of carbonyl (C=O) groups is 3. The van der Waals surface area contributed by atoms with Crippen molar-refractivity contribution in [3.8, 4) is 0 Å². The molecule has 0 fully saturated rings. The summed E-state index contributed by atoms with van der Waals surface area (Å²) >= 11 is 0. The molecule has 0 radical (unpaired) electrons. The van der Waals surface area contributed by atoms with Crippen LogP contribution in [0.3, 0.4) is 0 Å². The van der Waals surface area contributed by atoms with E-state index in [1.54, 1.807) is 0 Å². The summed E-state index contributed by atoms with van der Waals surface area (Å²) in [6, 6.07) is 0. The van der Waals surface area contributed by atoms with Gasteiger partial charge in [-0.1, -0.05) is 225 Å². The Morgan fingerprint density at radius 1 is 0.326 bits per heavy atom. The molecule has 0 saturated heterocycles. The van der Waals surface area contributed by atoms with Gasteiger partial charge in [0.15, 0.2) is 6.10 Å². The maximum Gasteiger partial charge on any atom is 0.472 e. The predicted octanol–water partition coefficient (Wildman–Crippen LogP) is 18.4. The van der Waals surface area contributed by atoms with Crippen LogP contribution in [0.5, 0.6) is 0 Å². The third-order valence-corrected chi connectivity index (χ3v) is 15.2. The van der Waals surface area contributed by atoms with Gasteiger partial charge in [0.05, 0.1) is 26.4 Å². The highest BCUT2D eigenvalue weighted by atomic mass is 31.2. The van der Waals surface area contributed by atoms with Crippen molar-refractivity contribution < 1.29 is 75.8 Å². The second-order valence-corrected chi connectivity index (χ2v) is 24.8. The van der Waals surface area contributed by atoms with Crippen LogP contribution in [0.4, 0.5) is 0 Å². The molecule has 4 N–H and O–H groups in total. The minimum atomic E-state index is -4.93. The standard InChI is InChI=1S/C71H118O16P2/c1-4-7-10-13-16-19-22-25-27-29-31-32-34-36-37-40-42-45-48-51-54-57-69(74)81-60-66(72)61-83-88(77,78)84-62-67(73)63-85-89(79,80)86-65-68(87-71(76)59-56-53-50-47-44-39-24-21-18-15-12-9-6-3)64-82-70(75)58-55-52-49-46-43-41-38-35-33-30-28-26-23-20-17-14-11-8-5-2/h7-8,10-12,15-17,19-21,24-28,31-33,35-37,66-68,72-73H,4-6,9,13-14,18,22-23,29-30,34,38-65H2,1-3H3,(H,77,78)(H,79,80)/b10-7-,11-8-,15-12-,19-16-,20-17-,24-21-,27-25-,28-26-,32-31-,35-33-,37-36-. The molecule has 0 aromatic rings. The van der Waals surface area contributed by atoms with E-state index in [0.29, 0.717) is 19.3 Å². The molecule has 0 aromatic carbocycles. The maximum atomic E-state index is 12.9. The third-order valence-electron chi connectivity index (χ3n) is 13.3. The van der Waals surface area contributed by atoms with E-state index >= 15 is 0 Å². The van der Waals surface area contributed by atoms with Gasteiger partial charge in [-0.3, -0.25) is 32.5 Å². The lowest BCUT2D eigenvalue weighted by atomic mass is 10.1. The molecule has 0 aliphatic carbocycles. The lowest BCUT2D eigenvalue weighted by molar-refractivity contribution is -0.161. The summed E-state index contributed by atoms with van der Waals surface area (Å²) in [5.74, 6) is -1.63. The van der Waals surface area contributed by atoms with Crippen LogP contribution >= 0.6 is 15.6 Å². The number of hydrogen-bond donors (Lipinski definition) is 4. The summed E-state index contributed by atoms with van der Waals surface area (Å²) in [7, 11) is -9.79. The first-order chi connectivity index (χ1) is 43.2. The Morgan fingerprint density at radius 2 is 0.596 bits per heavy atom. The number of aliphatic hydroxyl groups excluding tert-OH is 2. The molecule has 5 unspecified atom stereocenters. The van der Waals surface area contributed by atoms with Crippen molar-refractivity contribution in [1.82, 2.24) is 0 Å². The number of ether oxygens (including phenoxy) is 3. The van der Waals surface area contributed by atoms with Crippen molar-refractivity contribution in [3.63, 3.8) is 0 Å². The number of phosphoric acid groups is 2. The topological polar surface area (TPSA) is 231 Å². The van der Waals surface area contributed by atoms with E-state index in [-0.39, 0.29) is 19.3 Å². The summed E-state index contributed by atoms with van der Waals surface area (Å²) in [4.78, 5) is 58.3. The van der Waals surface area contributed by atoms with Gasteiger partial charge in [-0.2, -0.15) is 0 Å². The molecule has 0 saturated carbocycles. The normalized spacial score (nSPS) is 15.1. The Labute approximate surface area is 537 Å². The van der Waals surface area contributed by atoms with Crippen LogP contribution in [0.1, 0.15) is 239 Å². The average molecular weight is 1290 g/mol. The predicted molar refractivity (Wildman–Crippen MR) is 362 cm³/mol. The second kappa shape index (κ2) is 63.8. The largest absolute Gasteiger partial charge is 0.472 e. The number of esters is 3. The van der Waals surface area contributed by atoms with Crippen molar-refractivity contribution in [2.75, 3.05) is 39.6 Å². The fourth-order valence-electron chi connectivity index (χ4n) is 8.27. The number of rotatable bonds is 62. The van der Waals surface area contributed by atoms with Gasteiger partial charge in [0.2, 0.25) is 0 Å². The van der Waals surface area contributed by atoms with Crippen molar-refractivity contribution in [2.24, 2.45) is 0 Å². The monoisotopic (exact) mass is 1290 g/mol. The lowest BCUT2D eigenvalue weighted by Crippen LogP contribution is -2.30. The Balaban J connectivity index is 4.68. The van der Waals surface area contributed by atoms with Gasteiger partial charge in [0.25, 0.3) is 0 Å². The van der Waals surface area contributed by atoms with Gasteiger partial charge in [0, 0.05) is 19.3 Å². The van der Waals surface area contributed by atoms with Crippen LogP contribution in [0.15, 0.2) is 134 Å². The molecule has 0 rings (SSSR count). The number of allylic oxidation sites excluding steroid dienone is 22. The van der Waals surface area contributed by atoms with Crippen LogP contribution in [0, 0.1) is 0 Å². The van der Waals surface area contributed by atoms with Crippen LogP contribution in [-0.2, 0) is 55.8 Å². The molecule has 16 nitrogen and oxygen atoms in total. The van der Waals surface area contributed by atoms with Crippen molar-refractivity contribution in [1.29, 1.82) is 0 Å². The van der Waals surface area contributed by atoms with E-state index in [1.807, 2.05) is 0 Å². The van der Waals surface area contributed by atoms with Gasteiger partial charge in [-0.25, -0.2) is 9.13 Å². The number of hydrogen-bond acceptors (Lipinski definition) is 14. The van der Waals surface area contributed by atoms with E-state index < -0.39 is 91.5 Å². The summed E-state index contributed by atoms with van der Waals surface area (Å²) in [6.45, 7) is 2.29. The van der Waals surface area contributed by atoms with E-state index in [9.17, 15) is 43.5 Å². The van der Waals surface area contributed by atoms with Crippen LogP contribution < -0.4 is 0 Å². The minimum absolute atomic E-state index is 0.0806. The van der Waals surface area contributed by atoms with Crippen molar-refractivity contribution in [3.05, 3.63) is 134 Å². The summed E-state index contributed by atoms with van der Waals surface area (Å²) < 4.78 is 60.8. The summed E-state index contributed by atoms with van der Waals surface area (Å²) in [5, 5.41) is 20.5. The summed E-state index contributed by atoms with van der Waals surface area (Å²) in [6.07, 6.45) is 73.6. The zero-order valence-corrected chi connectivity index (χ0v) is 56.6. The lowest BCUT2D eigenvalue weighted by Gasteiger charge is -2.21. The SMILES string of the molecule is CC/C=C\C/C=C\C/C=C\C/C=C\C/C=C\CCCCCCCC(=O)OCC(O)COP(=O)(O)OCC(O)COP(=O)(O)OCC(COC(=O)CCCCCCCC/C=C\C/C=C\C/C=C\C/C=C\CC)OC(=O)CCCCCCC/C=C\C/C=C\CCC.